The number of likely N-dealkylation sites (N-methyl/N-ethyl adjacent to an activating group) is 1. The summed E-state index contributed by atoms with van der Waals surface area (Å²) in [7, 11) is 0. The number of ether oxygens (including phenoxy) is 2. The normalized spacial score (nSPS) is 17.6. The highest BCUT2D eigenvalue weighted by Gasteiger charge is 2.30. The van der Waals surface area contributed by atoms with Gasteiger partial charge in [-0.2, -0.15) is 0 Å². The standard InChI is InChI=1S/C23H22BrN3O3/c1-2-27(21-12-29-9-14-7-15(24)4-5-16(14)21)23(28)13-3-6-20-17(8-13)18-10-30-11-19(18)22(25)26-20/h3-8,21H,2,9-12H2,1H3,(H2,25,26)/t21-/m0/s1. The molecule has 2 N–H and O–H groups in total. The van der Waals surface area contributed by atoms with Crippen LogP contribution in [0.3, 0.4) is 0 Å². The van der Waals surface area contributed by atoms with Gasteiger partial charge >= 0.3 is 0 Å². The summed E-state index contributed by atoms with van der Waals surface area (Å²) in [5, 5.41) is 0.933. The number of pyridine rings is 1. The quantitative estimate of drug-likeness (QED) is 0.619. The fraction of sp³-hybridized carbons (Fsp3) is 0.304. The molecule has 0 saturated carbocycles. The maximum atomic E-state index is 13.5. The van der Waals surface area contributed by atoms with Gasteiger partial charge in [0.1, 0.15) is 5.82 Å². The van der Waals surface area contributed by atoms with Crippen molar-refractivity contribution in [2.24, 2.45) is 0 Å². The van der Waals surface area contributed by atoms with Gasteiger partial charge < -0.3 is 20.1 Å². The molecule has 0 spiro atoms. The van der Waals surface area contributed by atoms with Crippen molar-refractivity contribution >= 4 is 38.6 Å². The molecule has 0 unspecified atom stereocenters. The molecular weight excluding hydrogens is 446 g/mol. The Kier molecular flexibility index (Phi) is 4.97. The third-order valence-electron chi connectivity index (χ3n) is 5.95. The molecular formula is C23H22BrN3O3. The first-order valence-corrected chi connectivity index (χ1v) is 10.8. The minimum atomic E-state index is -0.117. The van der Waals surface area contributed by atoms with E-state index in [-0.39, 0.29) is 11.9 Å². The van der Waals surface area contributed by atoms with Crippen LogP contribution in [0.4, 0.5) is 5.82 Å². The van der Waals surface area contributed by atoms with E-state index in [0.717, 1.165) is 37.6 Å². The smallest absolute Gasteiger partial charge is 0.254 e. The first-order chi connectivity index (χ1) is 14.6. The van der Waals surface area contributed by atoms with Crippen molar-refractivity contribution in [3.05, 3.63) is 68.7 Å². The summed E-state index contributed by atoms with van der Waals surface area (Å²) in [5.74, 6) is 0.486. The zero-order valence-electron chi connectivity index (χ0n) is 16.7. The minimum Gasteiger partial charge on any atom is -0.383 e. The topological polar surface area (TPSA) is 77.7 Å². The van der Waals surface area contributed by atoms with Crippen LogP contribution < -0.4 is 5.73 Å². The molecule has 5 rings (SSSR count). The number of nitrogens with two attached hydrogens (primary N) is 1. The van der Waals surface area contributed by atoms with E-state index in [1.165, 1.54) is 0 Å². The number of anilines is 1. The zero-order valence-corrected chi connectivity index (χ0v) is 18.2. The minimum absolute atomic E-state index is 0.0201. The fourth-order valence-corrected chi connectivity index (χ4v) is 4.84. The Bertz CT molecular complexity index is 1160. The lowest BCUT2D eigenvalue weighted by molar-refractivity contribution is 0.0285. The van der Waals surface area contributed by atoms with Crippen LogP contribution in [0, 0.1) is 0 Å². The van der Waals surface area contributed by atoms with Crippen molar-refractivity contribution in [2.75, 3.05) is 18.9 Å². The Balaban J connectivity index is 1.54. The maximum Gasteiger partial charge on any atom is 0.254 e. The van der Waals surface area contributed by atoms with Gasteiger partial charge in [-0.25, -0.2) is 4.98 Å². The third kappa shape index (κ3) is 3.17. The molecule has 0 aliphatic carbocycles. The highest BCUT2D eigenvalue weighted by atomic mass is 79.9. The summed E-state index contributed by atoms with van der Waals surface area (Å²) < 4.78 is 12.4. The molecule has 6 nitrogen and oxygen atoms in total. The Morgan fingerprint density at radius 1 is 1.17 bits per heavy atom. The summed E-state index contributed by atoms with van der Waals surface area (Å²) in [6.07, 6.45) is 0. The van der Waals surface area contributed by atoms with E-state index < -0.39 is 0 Å². The number of benzene rings is 2. The van der Waals surface area contributed by atoms with Crippen LogP contribution in [-0.2, 0) is 29.3 Å². The molecule has 0 saturated heterocycles. The van der Waals surface area contributed by atoms with Gasteiger partial charge in [0.05, 0.1) is 38.0 Å². The second kappa shape index (κ2) is 7.65. The number of rotatable bonds is 3. The van der Waals surface area contributed by atoms with E-state index in [4.69, 9.17) is 15.2 Å². The molecule has 2 aromatic carbocycles. The molecule has 1 atom stereocenters. The van der Waals surface area contributed by atoms with Gasteiger partial charge in [0, 0.05) is 27.5 Å². The lowest BCUT2D eigenvalue weighted by Crippen LogP contribution is -2.39. The van der Waals surface area contributed by atoms with E-state index in [9.17, 15) is 4.79 Å². The molecule has 2 aliphatic rings. The number of nitrogens with zero attached hydrogens (tertiary/aromatic N) is 2. The SMILES string of the molecule is CCN(C(=O)c1ccc2nc(N)c3c(c2c1)COC3)[C@H]1COCc2cc(Br)ccc21. The van der Waals surface area contributed by atoms with E-state index >= 15 is 0 Å². The number of fused-ring (bicyclic) bond motifs is 4. The van der Waals surface area contributed by atoms with Crippen LogP contribution in [0.1, 0.15) is 45.6 Å². The fourth-order valence-electron chi connectivity index (χ4n) is 4.43. The molecule has 30 heavy (non-hydrogen) atoms. The van der Waals surface area contributed by atoms with Gasteiger partial charge in [-0.15, -0.1) is 0 Å². The first kappa shape index (κ1) is 19.5. The highest BCUT2D eigenvalue weighted by molar-refractivity contribution is 9.10. The molecule has 0 radical (unpaired) electrons. The average molecular weight is 468 g/mol. The maximum absolute atomic E-state index is 13.5. The van der Waals surface area contributed by atoms with Crippen LogP contribution in [0.15, 0.2) is 40.9 Å². The predicted molar refractivity (Wildman–Crippen MR) is 118 cm³/mol. The molecule has 1 aromatic heterocycles. The third-order valence-corrected chi connectivity index (χ3v) is 6.44. The predicted octanol–water partition coefficient (Wildman–Crippen LogP) is 4.34. The van der Waals surface area contributed by atoms with Crippen molar-refractivity contribution in [3.63, 3.8) is 0 Å². The van der Waals surface area contributed by atoms with Crippen LogP contribution in [0.25, 0.3) is 10.9 Å². The van der Waals surface area contributed by atoms with Crippen molar-refractivity contribution in [1.29, 1.82) is 0 Å². The molecule has 0 fully saturated rings. The van der Waals surface area contributed by atoms with E-state index in [0.29, 0.717) is 44.4 Å². The van der Waals surface area contributed by atoms with Gasteiger partial charge in [0.25, 0.3) is 5.91 Å². The number of halogens is 1. The van der Waals surface area contributed by atoms with Gasteiger partial charge in [-0.3, -0.25) is 4.79 Å². The number of carbonyl (C=O) groups excluding carboxylic acids is 1. The van der Waals surface area contributed by atoms with Crippen LogP contribution in [-0.4, -0.2) is 28.9 Å². The molecule has 154 valence electrons. The average Bonchev–Trinajstić information content (AvgIpc) is 3.25. The largest absolute Gasteiger partial charge is 0.383 e. The molecule has 2 aliphatic heterocycles. The summed E-state index contributed by atoms with van der Waals surface area (Å²) in [5.41, 5.74) is 11.7. The molecule has 0 bridgehead atoms. The van der Waals surface area contributed by atoms with Crippen LogP contribution in [0.5, 0.6) is 0 Å². The van der Waals surface area contributed by atoms with Gasteiger partial charge in [-0.05, 0) is 53.9 Å². The van der Waals surface area contributed by atoms with Crippen molar-refractivity contribution in [2.45, 2.75) is 32.8 Å². The lowest BCUT2D eigenvalue weighted by Gasteiger charge is -2.35. The summed E-state index contributed by atoms with van der Waals surface area (Å²) in [6, 6.07) is 11.7. The van der Waals surface area contributed by atoms with Crippen molar-refractivity contribution in [3.8, 4) is 0 Å². The van der Waals surface area contributed by atoms with E-state index in [2.05, 4.69) is 33.0 Å². The Morgan fingerprint density at radius 3 is 2.83 bits per heavy atom. The lowest BCUT2D eigenvalue weighted by atomic mass is 9.96. The second-order valence-corrected chi connectivity index (χ2v) is 8.56. The van der Waals surface area contributed by atoms with Crippen LogP contribution in [0.2, 0.25) is 0 Å². The summed E-state index contributed by atoms with van der Waals surface area (Å²) >= 11 is 3.52. The van der Waals surface area contributed by atoms with E-state index in [1.807, 2.05) is 36.1 Å². The number of aromatic nitrogens is 1. The van der Waals surface area contributed by atoms with Crippen molar-refractivity contribution in [1.82, 2.24) is 9.88 Å². The molecule has 3 heterocycles. The summed E-state index contributed by atoms with van der Waals surface area (Å²) in [6.45, 7) is 4.60. The number of nitrogen functional groups attached to an aromatic ring is 1. The Morgan fingerprint density at radius 2 is 2.00 bits per heavy atom. The van der Waals surface area contributed by atoms with Crippen LogP contribution >= 0.6 is 15.9 Å². The van der Waals surface area contributed by atoms with Gasteiger partial charge in [0.2, 0.25) is 0 Å². The number of amides is 1. The number of hydrogen-bond acceptors (Lipinski definition) is 5. The van der Waals surface area contributed by atoms with Gasteiger partial charge in [-0.1, -0.05) is 22.0 Å². The number of carbonyl (C=O) groups is 1. The monoisotopic (exact) mass is 467 g/mol. The molecule has 7 heteroatoms. The molecule has 3 aromatic rings. The Labute approximate surface area is 183 Å². The number of hydrogen-bond donors (Lipinski definition) is 1. The summed E-state index contributed by atoms with van der Waals surface area (Å²) in [4.78, 5) is 19.9. The van der Waals surface area contributed by atoms with Crippen molar-refractivity contribution < 1.29 is 14.3 Å². The Hall–Kier alpha value is -2.48. The van der Waals surface area contributed by atoms with E-state index in [1.54, 1.807) is 0 Å². The molecule has 1 amide bonds. The zero-order chi connectivity index (χ0) is 20.8. The second-order valence-electron chi connectivity index (χ2n) is 7.64. The first-order valence-electron chi connectivity index (χ1n) is 10.0. The highest BCUT2D eigenvalue weighted by Crippen LogP contribution is 2.34. The van der Waals surface area contributed by atoms with Gasteiger partial charge in [0.15, 0.2) is 0 Å².